The second kappa shape index (κ2) is 6.98. The highest BCUT2D eigenvalue weighted by Gasteiger charge is 2.23. The number of halogens is 2. The first-order valence-corrected chi connectivity index (χ1v) is 7.39. The van der Waals surface area contributed by atoms with Gasteiger partial charge in [-0.15, -0.1) is 0 Å². The first-order chi connectivity index (χ1) is 9.97. The number of rotatable bonds is 5. The van der Waals surface area contributed by atoms with Gasteiger partial charge in [0.25, 0.3) is 0 Å². The second-order valence-corrected chi connectivity index (χ2v) is 5.83. The van der Waals surface area contributed by atoms with Crippen LogP contribution in [0.25, 0.3) is 0 Å². The van der Waals surface area contributed by atoms with Gasteiger partial charge in [-0.3, -0.25) is 4.79 Å². The van der Waals surface area contributed by atoms with Gasteiger partial charge in [-0.05, 0) is 43.4 Å². The minimum absolute atomic E-state index is 0.101. The minimum atomic E-state index is -1.06. The molecule has 0 saturated heterocycles. The van der Waals surface area contributed by atoms with E-state index in [4.69, 9.17) is 0 Å². The van der Waals surface area contributed by atoms with Crippen LogP contribution in [0.4, 0.5) is 8.78 Å². The molecule has 1 aromatic rings. The summed E-state index contributed by atoms with van der Waals surface area (Å²) in [5, 5.41) is 12.8. The molecule has 0 heterocycles. The van der Waals surface area contributed by atoms with Crippen molar-refractivity contribution < 1.29 is 18.7 Å². The fourth-order valence-corrected chi connectivity index (χ4v) is 2.85. The van der Waals surface area contributed by atoms with Crippen LogP contribution >= 0.6 is 0 Å². The van der Waals surface area contributed by atoms with Crippen LogP contribution in [0.5, 0.6) is 0 Å². The largest absolute Gasteiger partial charge is 0.386 e. The van der Waals surface area contributed by atoms with Gasteiger partial charge < -0.3 is 10.4 Å². The van der Waals surface area contributed by atoms with Gasteiger partial charge in [0, 0.05) is 6.42 Å². The Hall–Kier alpha value is -1.49. The molecule has 3 nitrogen and oxygen atoms in total. The van der Waals surface area contributed by atoms with Gasteiger partial charge in [0.05, 0.1) is 12.1 Å². The predicted octanol–water partition coefficient (Wildman–Crippen LogP) is 3.08. The van der Waals surface area contributed by atoms with Crippen LogP contribution in [0, 0.1) is 17.6 Å². The van der Waals surface area contributed by atoms with E-state index < -0.39 is 23.8 Å². The van der Waals surface area contributed by atoms with Crippen molar-refractivity contribution in [2.45, 2.75) is 51.2 Å². The van der Waals surface area contributed by atoms with E-state index in [1.54, 1.807) is 6.92 Å². The molecular formula is C16H21F2NO2. The number of carbonyl (C=O) groups excluding carboxylic acids is 1. The monoisotopic (exact) mass is 297 g/mol. The van der Waals surface area contributed by atoms with Crippen LogP contribution in [0.15, 0.2) is 18.2 Å². The molecule has 21 heavy (non-hydrogen) atoms. The molecule has 2 atom stereocenters. The summed E-state index contributed by atoms with van der Waals surface area (Å²) in [4.78, 5) is 11.9. The zero-order chi connectivity index (χ0) is 15.4. The van der Waals surface area contributed by atoms with E-state index in [9.17, 15) is 18.7 Å². The van der Waals surface area contributed by atoms with Crippen molar-refractivity contribution in [3.05, 3.63) is 35.4 Å². The Morgan fingerprint density at radius 2 is 2.00 bits per heavy atom. The lowest BCUT2D eigenvalue weighted by Gasteiger charge is -2.21. The van der Waals surface area contributed by atoms with E-state index in [1.807, 2.05) is 0 Å². The van der Waals surface area contributed by atoms with Crippen molar-refractivity contribution in [2.24, 2.45) is 5.92 Å². The number of hydrogen-bond acceptors (Lipinski definition) is 2. The zero-order valence-electron chi connectivity index (χ0n) is 12.1. The molecule has 1 aromatic carbocycles. The zero-order valence-corrected chi connectivity index (χ0v) is 12.1. The lowest BCUT2D eigenvalue weighted by Crippen LogP contribution is -2.37. The first kappa shape index (κ1) is 15.9. The number of benzene rings is 1. The maximum atomic E-state index is 13.2. The molecule has 0 bridgehead atoms. The van der Waals surface area contributed by atoms with Crippen LogP contribution in [-0.2, 0) is 4.79 Å². The van der Waals surface area contributed by atoms with E-state index in [0.29, 0.717) is 12.3 Å². The molecule has 1 amide bonds. The van der Waals surface area contributed by atoms with Crippen molar-refractivity contribution >= 4 is 5.91 Å². The first-order valence-electron chi connectivity index (χ1n) is 7.39. The summed E-state index contributed by atoms with van der Waals surface area (Å²) in [7, 11) is 0. The van der Waals surface area contributed by atoms with Gasteiger partial charge >= 0.3 is 0 Å². The molecule has 0 aromatic heterocycles. The van der Waals surface area contributed by atoms with Gasteiger partial charge in [0.1, 0.15) is 0 Å². The smallest absolute Gasteiger partial charge is 0.220 e. The average Bonchev–Trinajstić information content (AvgIpc) is 2.93. The summed E-state index contributed by atoms with van der Waals surface area (Å²) in [6.07, 6.45) is 3.90. The molecule has 1 aliphatic rings. The highest BCUT2D eigenvalue weighted by Crippen LogP contribution is 2.27. The highest BCUT2D eigenvalue weighted by molar-refractivity contribution is 5.76. The molecule has 1 aliphatic carbocycles. The molecular weight excluding hydrogens is 276 g/mol. The van der Waals surface area contributed by atoms with Gasteiger partial charge in [-0.2, -0.15) is 0 Å². The Kier molecular flexibility index (Phi) is 5.28. The number of nitrogens with one attached hydrogen (secondary N) is 1. The van der Waals surface area contributed by atoms with Crippen molar-refractivity contribution in [3.63, 3.8) is 0 Å². The summed E-state index contributed by atoms with van der Waals surface area (Å²) in [5.74, 6) is -1.63. The van der Waals surface area contributed by atoms with Crippen molar-refractivity contribution in [2.75, 3.05) is 0 Å². The summed E-state index contributed by atoms with van der Waals surface area (Å²) < 4.78 is 26.0. The fraction of sp³-hybridized carbons (Fsp3) is 0.562. The molecule has 0 spiro atoms. The number of hydrogen-bond donors (Lipinski definition) is 2. The predicted molar refractivity (Wildman–Crippen MR) is 75.5 cm³/mol. The Labute approximate surface area is 123 Å². The minimum Gasteiger partial charge on any atom is -0.386 e. The number of carbonyl (C=O) groups is 1. The molecule has 1 fully saturated rings. The lowest BCUT2D eigenvalue weighted by atomic mass is 10.0. The van der Waals surface area contributed by atoms with Crippen LogP contribution in [0.2, 0.25) is 0 Å². The Bertz CT molecular complexity index is 501. The Morgan fingerprint density at radius 3 is 2.62 bits per heavy atom. The van der Waals surface area contributed by atoms with Gasteiger partial charge in [0.15, 0.2) is 11.6 Å². The molecule has 0 aliphatic heterocycles. The third-order valence-electron chi connectivity index (χ3n) is 4.10. The number of amides is 1. The maximum Gasteiger partial charge on any atom is 0.220 e. The van der Waals surface area contributed by atoms with Crippen LogP contribution in [0.1, 0.15) is 50.7 Å². The molecule has 2 N–H and O–H groups in total. The molecule has 1 saturated carbocycles. The van der Waals surface area contributed by atoms with E-state index in [1.165, 1.54) is 18.9 Å². The highest BCUT2D eigenvalue weighted by atomic mass is 19.2. The second-order valence-electron chi connectivity index (χ2n) is 5.83. The topological polar surface area (TPSA) is 49.3 Å². The van der Waals surface area contributed by atoms with E-state index in [-0.39, 0.29) is 11.5 Å². The molecule has 116 valence electrons. The third kappa shape index (κ3) is 4.24. The number of aliphatic hydroxyl groups is 1. The summed E-state index contributed by atoms with van der Waals surface area (Å²) in [5.41, 5.74) is 0.252. The van der Waals surface area contributed by atoms with Crippen molar-refractivity contribution in [3.8, 4) is 0 Å². The molecule has 5 heteroatoms. The number of aliphatic hydroxyl groups excluding tert-OH is 1. The van der Waals surface area contributed by atoms with E-state index >= 15 is 0 Å². The SMILES string of the molecule is CC(NC(=O)CC1CCCC1)C(O)c1ccc(F)c(F)c1. The van der Waals surface area contributed by atoms with E-state index in [2.05, 4.69) is 5.32 Å². The van der Waals surface area contributed by atoms with Crippen molar-refractivity contribution in [1.29, 1.82) is 0 Å². The Balaban J connectivity index is 1.90. The van der Waals surface area contributed by atoms with Crippen LogP contribution in [0.3, 0.4) is 0 Å². The quantitative estimate of drug-likeness (QED) is 0.877. The summed E-state index contributed by atoms with van der Waals surface area (Å²) in [6, 6.07) is 2.70. The summed E-state index contributed by atoms with van der Waals surface area (Å²) >= 11 is 0. The maximum absolute atomic E-state index is 13.2. The molecule has 2 rings (SSSR count). The third-order valence-corrected chi connectivity index (χ3v) is 4.10. The van der Waals surface area contributed by atoms with Crippen LogP contribution < -0.4 is 5.32 Å². The standard InChI is InChI=1S/C16H21F2NO2/c1-10(19-15(20)8-11-4-2-3-5-11)16(21)12-6-7-13(17)14(18)9-12/h6-7,9-11,16,21H,2-5,8H2,1H3,(H,19,20). The molecule has 0 radical (unpaired) electrons. The van der Waals surface area contributed by atoms with Gasteiger partial charge in [0.2, 0.25) is 5.91 Å². The normalized spacial score (nSPS) is 18.5. The molecule has 2 unspecified atom stereocenters. The Morgan fingerprint density at radius 1 is 1.33 bits per heavy atom. The summed E-state index contributed by atoms with van der Waals surface area (Å²) in [6.45, 7) is 1.65. The average molecular weight is 297 g/mol. The lowest BCUT2D eigenvalue weighted by molar-refractivity contribution is -0.123. The van der Waals surface area contributed by atoms with Crippen LogP contribution in [-0.4, -0.2) is 17.1 Å². The van der Waals surface area contributed by atoms with E-state index in [0.717, 1.165) is 25.0 Å². The fourth-order valence-electron chi connectivity index (χ4n) is 2.85. The van der Waals surface area contributed by atoms with Gasteiger partial charge in [-0.25, -0.2) is 8.78 Å². The van der Waals surface area contributed by atoms with Crippen molar-refractivity contribution in [1.82, 2.24) is 5.32 Å². The van der Waals surface area contributed by atoms with Gasteiger partial charge in [-0.1, -0.05) is 18.9 Å².